The SMILES string of the molecule is CC=Nc1oc(/C(=C\C)N(c2ccccc2)c2cc3c4ccccc4c(N(c4ccccc4)c4cccc5c4oc4ncccc45)cc3c3ccccc23)c(C)c1C. The maximum atomic E-state index is 6.58. The molecule has 0 fully saturated rings. The fourth-order valence-electron chi connectivity index (χ4n) is 8.47. The highest BCUT2D eigenvalue weighted by atomic mass is 16.4. The summed E-state index contributed by atoms with van der Waals surface area (Å²) in [6.07, 6.45) is 5.70. The van der Waals surface area contributed by atoms with E-state index in [9.17, 15) is 0 Å². The molecule has 0 unspecified atom stereocenters. The van der Waals surface area contributed by atoms with E-state index in [0.717, 1.165) is 99.7 Å². The highest BCUT2D eigenvalue weighted by molar-refractivity contribution is 6.25. The minimum atomic E-state index is 0.623. The van der Waals surface area contributed by atoms with Gasteiger partial charge >= 0.3 is 0 Å². The van der Waals surface area contributed by atoms with E-state index in [4.69, 9.17) is 8.83 Å². The lowest BCUT2D eigenvalue weighted by Crippen LogP contribution is -2.16. The summed E-state index contributed by atoms with van der Waals surface area (Å²) in [4.78, 5) is 13.8. The number of hydrogen-bond donors (Lipinski definition) is 0. The second kappa shape index (κ2) is 14.3. The molecule has 280 valence electrons. The van der Waals surface area contributed by atoms with E-state index in [1.807, 2.05) is 13.0 Å². The number of aliphatic imine (C=N–C) groups is 1. The Balaban J connectivity index is 1.28. The minimum absolute atomic E-state index is 0.623. The zero-order valence-corrected chi connectivity index (χ0v) is 32.8. The summed E-state index contributed by atoms with van der Waals surface area (Å²) in [7, 11) is 0. The van der Waals surface area contributed by atoms with Crippen molar-refractivity contribution in [1.29, 1.82) is 0 Å². The monoisotopic (exact) mass is 752 g/mol. The smallest absolute Gasteiger partial charge is 0.227 e. The normalized spacial score (nSPS) is 12.2. The van der Waals surface area contributed by atoms with Gasteiger partial charge in [-0.25, -0.2) is 9.98 Å². The zero-order chi connectivity index (χ0) is 39.3. The Morgan fingerprint density at radius 3 is 1.79 bits per heavy atom. The van der Waals surface area contributed by atoms with Crippen LogP contribution in [0.25, 0.3) is 60.1 Å². The summed E-state index contributed by atoms with van der Waals surface area (Å²) in [6, 6.07) is 53.7. The number of para-hydroxylation sites is 3. The molecule has 6 nitrogen and oxygen atoms in total. The molecule has 0 aliphatic carbocycles. The molecule has 0 spiro atoms. The van der Waals surface area contributed by atoms with Crippen LogP contribution in [-0.2, 0) is 0 Å². The molecule has 0 amide bonds. The van der Waals surface area contributed by atoms with Crippen molar-refractivity contribution >= 4 is 101 Å². The third-order valence-corrected chi connectivity index (χ3v) is 11.3. The van der Waals surface area contributed by atoms with Crippen molar-refractivity contribution in [2.24, 2.45) is 4.99 Å². The summed E-state index contributed by atoms with van der Waals surface area (Å²) in [5, 5.41) is 8.82. The number of allylic oxidation sites excluding steroid dienone is 1. The van der Waals surface area contributed by atoms with E-state index in [1.54, 1.807) is 12.4 Å². The van der Waals surface area contributed by atoms with Gasteiger partial charge in [-0.3, -0.25) is 0 Å². The molecule has 0 aliphatic heterocycles. The van der Waals surface area contributed by atoms with Gasteiger partial charge in [0.05, 0.1) is 22.8 Å². The number of aromatic nitrogens is 1. The molecule has 7 aromatic carbocycles. The fourth-order valence-corrected chi connectivity index (χ4v) is 8.47. The van der Waals surface area contributed by atoms with Gasteiger partial charge in [0, 0.05) is 56.5 Å². The molecule has 3 aromatic heterocycles. The molecule has 0 radical (unpaired) electrons. The number of pyridine rings is 1. The molecule has 0 saturated heterocycles. The first kappa shape index (κ1) is 35.0. The lowest BCUT2D eigenvalue weighted by Gasteiger charge is -2.30. The van der Waals surface area contributed by atoms with Gasteiger partial charge in [0.15, 0.2) is 11.3 Å². The Morgan fingerprint density at radius 2 is 1.12 bits per heavy atom. The van der Waals surface area contributed by atoms with Crippen LogP contribution in [0.4, 0.5) is 34.3 Å². The molecule has 0 bridgehead atoms. The van der Waals surface area contributed by atoms with E-state index in [2.05, 4.69) is 192 Å². The summed E-state index contributed by atoms with van der Waals surface area (Å²) in [5.74, 6) is 1.42. The quantitative estimate of drug-likeness (QED) is 0.114. The van der Waals surface area contributed by atoms with Gasteiger partial charge in [0.25, 0.3) is 0 Å². The van der Waals surface area contributed by atoms with Crippen LogP contribution in [0.15, 0.2) is 178 Å². The first-order valence-corrected chi connectivity index (χ1v) is 19.6. The predicted molar refractivity (Wildman–Crippen MR) is 243 cm³/mol. The van der Waals surface area contributed by atoms with E-state index in [0.29, 0.717) is 11.6 Å². The highest BCUT2D eigenvalue weighted by Crippen LogP contribution is 2.49. The third kappa shape index (κ3) is 5.56. The number of hydrogen-bond acceptors (Lipinski definition) is 6. The molecular weight excluding hydrogens is 713 g/mol. The van der Waals surface area contributed by atoms with Crippen LogP contribution in [0.2, 0.25) is 0 Å². The Morgan fingerprint density at radius 1 is 0.534 bits per heavy atom. The second-order valence-corrected chi connectivity index (χ2v) is 14.5. The van der Waals surface area contributed by atoms with Gasteiger partial charge in [-0.15, -0.1) is 0 Å². The van der Waals surface area contributed by atoms with Crippen molar-refractivity contribution in [3.8, 4) is 0 Å². The first-order chi connectivity index (χ1) is 28.6. The van der Waals surface area contributed by atoms with Gasteiger partial charge < -0.3 is 18.6 Å². The molecule has 0 aliphatic rings. The minimum Gasteiger partial charge on any atom is -0.436 e. The maximum absolute atomic E-state index is 6.58. The molecule has 3 heterocycles. The number of nitrogens with zero attached hydrogens (tertiary/aromatic N) is 4. The number of furan rings is 2. The number of anilines is 5. The van der Waals surface area contributed by atoms with Gasteiger partial charge in [-0.05, 0) is 104 Å². The van der Waals surface area contributed by atoms with E-state index < -0.39 is 0 Å². The number of rotatable bonds is 8. The molecule has 0 saturated carbocycles. The molecule has 10 aromatic rings. The number of benzene rings is 7. The first-order valence-electron chi connectivity index (χ1n) is 19.6. The largest absolute Gasteiger partial charge is 0.436 e. The second-order valence-electron chi connectivity index (χ2n) is 14.5. The van der Waals surface area contributed by atoms with Gasteiger partial charge in [-0.1, -0.05) is 103 Å². The number of fused-ring (bicyclic) bond motifs is 8. The summed E-state index contributed by atoms with van der Waals surface area (Å²) < 4.78 is 13.2. The molecule has 10 rings (SSSR count). The van der Waals surface area contributed by atoms with E-state index in [1.165, 1.54) is 0 Å². The van der Waals surface area contributed by atoms with Crippen molar-refractivity contribution in [3.63, 3.8) is 0 Å². The maximum Gasteiger partial charge on any atom is 0.227 e. The van der Waals surface area contributed by atoms with Gasteiger partial charge in [0.2, 0.25) is 11.6 Å². The molecule has 58 heavy (non-hydrogen) atoms. The average molecular weight is 753 g/mol. The summed E-state index contributed by atoms with van der Waals surface area (Å²) in [6.45, 7) is 8.18. The zero-order valence-electron chi connectivity index (χ0n) is 32.8. The van der Waals surface area contributed by atoms with Crippen LogP contribution in [-0.4, -0.2) is 11.2 Å². The van der Waals surface area contributed by atoms with Crippen LogP contribution in [0, 0.1) is 13.8 Å². The average Bonchev–Trinajstić information content (AvgIpc) is 3.79. The Bertz CT molecular complexity index is 3230. The van der Waals surface area contributed by atoms with Crippen LogP contribution in [0.1, 0.15) is 30.7 Å². The molecule has 0 N–H and O–H groups in total. The van der Waals surface area contributed by atoms with Crippen LogP contribution >= 0.6 is 0 Å². The van der Waals surface area contributed by atoms with Crippen molar-refractivity contribution in [3.05, 3.63) is 181 Å². The van der Waals surface area contributed by atoms with Crippen LogP contribution in [0.3, 0.4) is 0 Å². The molecular formula is C52H40N4O2. The lowest BCUT2D eigenvalue weighted by atomic mass is 9.93. The lowest BCUT2D eigenvalue weighted by molar-refractivity contribution is 0.559. The molecule has 6 heteroatoms. The van der Waals surface area contributed by atoms with Gasteiger partial charge in [0.1, 0.15) is 0 Å². The van der Waals surface area contributed by atoms with Crippen molar-refractivity contribution in [2.45, 2.75) is 27.7 Å². The molecule has 0 atom stereocenters. The summed E-state index contributed by atoms with van der Waals surface area (Å²) >= 11 is 0. The Kier molecular flexibility index (Phi) is 8.60. The summed E-state index contributed by atoms with van der Waals surface area (Å²) in [5.41, 5.74) is 9.54. The fraction of sp³-hybridized carbons (Fsp3) is 0.0769. The van der Waals surface area contributed by atoms with Crippen molar-refractivity contribution in [2.75, 3.05) is 9.80 Å². The third-order valence-electron chi connectivity index (χ3n) is 11.3. The van der Waals surface area contributed by atoms with Crippen molar-refractivity contribution in [1.82, 2.24) is 4.98 Å². The predicted octanol–water partition coefficient (Wildman–Crippen LogP) is 15.0. The van der Waals surface area contributed by atoms with E-state index >= 15 is 0 Å². The Hall–Kier alpha value is -7.44. The van der Waals surface area contributed by atoms with E-state index in [-0.39, 0.29) is 0 Å². The topological polar surface area (TPSA) is 58.0 Å². The highest BCUT2D eigenvalue weighted by Gasteiger charge is 2.27. The van der Waals surface area contributed by atoms with Crippen molar-refractivity contribution < 1.29 is 8.83 Å². The van der Waals surface area contributed by atoms with Gasteiger partial charge in [-0.2, -0.15) is 0 Å². The Labute approximate surface area is 336 Å². The van der Waals surface area contributed by atoms with Crippen LogP contribution < -0.4 is 9.80 Å². The standard InChI is InChI=1S/C52H40N4O2/c1-5-45(49-33(3)34(4)51(57-49)53-6-2)55(35-19-9-7-10-20-35)47-31-43-38-24-14-16-26-40(38)48(32-44(43)37-23-13-15-25-39(37)47)56(36-21-11-8-12-22-36)46-29-17-27-41-42-28-18-30-54-52(42)58-50(41)46/h5-32H,1-4H3/b45-5+,53-6?. The van der Waals surface area contributed by atoms with Crippen LogP contribution in [0.5, 0.6) is 0 Å².